The number of hydrogen-bond acceptors (Lipinski definition) is 7. The summed E-state index contributed by atoms with van der Waals surface area (Å²) in [4.78, 5) is 16.2. The van der Waals surface area contributed by atoms with Gasteiger partial charge in [-0.15, -0.1) is 10.2 Å². The number of hydrogen-bond donors (Lipinski definition) is 3. The van der Waals surface area contributed by atoms with E-state index in [4.69, 9.17) is 5.84 Å². The molecule has 8 heteroatoms. The van der Waals surface area contributed by atoms with Crippen LogP contribution in [0.5, 0.6) is 0 Å². The van der Waals surface area contributed by atoms with Crippen molar-refractivity contribution in [3.63, 3.8) is 0 Å². The molecule has 0 atom stereocenters. The molecule has 1 aliphatic rings. The predicted octanol–water partition coefficient (Wildman–Crippen LogP) is -0.709. The zero-order valence-electron chi connectivity index (χ0n) is 12.4. The van der Waals surface area contributed by atoms with Gasteiger partial charge in [-0.2, -0.15) is 0 Å². The van der Waals surface area contributed by atoms with Crippen molar-refractivity contribution in [2.24, 2.45) is 5.84 Å². The van der Waals surface area contributed by atoms with Crippen molar-refractivity contribution in [3.05, 3.63) is 17.8 Å². The molecule has 1 amide bonds. The van der Waals surface area contributed by atoms with Crippen LogP contribution in [0, 0.1) is 0 Å². The highest BCUT2D eigenvalue weighted by Gasteiger charge is 2.26. The fourth-order valence-electron chi connectivity index (χ4n) is 2.34. The van der Waals surface area contributed by atoms with Crippen LogP contribution in [0.4, 0.5) is 5.82 Å². The number of β-amino-alcohol motifs (C(OH)–C–C–N with tert-alkyl or cyclic N) is 1. The first-order chi connectivity index (χ1) is 9.89. The van der Waals surface area contributed by atoms with Crippen LogP contribution in [0.2, 0.25) is 0 Å². The Kier molecular flexibility index (Phi) is 4.71. The van der Waals surface area contributed by atoms with Gasteiger partial charge in [-0.25, -0.2) is 5.84 Å². The standard InChI is InChI=1S/C13H22N6O2/c1-13(2,21)9-18-5-7-19(8-6-18)12(20)10-3-4-11(15-14)17-16-10/h3-4,21H,5-9,14H2,1-2H3,(H,15,17). The van der Waals surface area contributed by atoms with Gasteiger partial charge in [0.15, 0.2) is 11.5 Å². The fourth-order valence-corrected chi connectivity index (χ4v) is 2.34. The molecule has 0 bridgehead atoms. The van der Waals surface area contributed by atoms with Gasteiger partial charge < -0.3 is 15.4 Å². The lowest BCUT2D eigenvalue weighted by atomic mass is 10.1. The molecular weight excluding hydrogens is 272 g/mol. The van der Waals surface area contributed by atoms with Crippen LogP contribution < -0.4 is 11.3 Å². The Morgan fingerprint density at radius 1 is 1.33 bits per heavy atom. The van der Waals surface area contributed by atoms with E-state index in [9.17, 15) is 9.90 Å². The SMILES string of the molecule is CC(C)(O)CN1CCN(C(=O)c2ccc(NN)nn2)CC1. The molecule has 1 aromatic heterocycles. The van der Waals surface area contributed by atoms with Gasteiger partial charge in [0.1, 0.15) is 0 Å². The van der Waals surface area contributed by atoms with Crippen molar-refractivity contribution in [3.8, 4) is 0 Å². The second-order valence-electron chi connectivity index (χ2n) is 5.83. The van der Waals surface area contributed by atoms with Crippen LogP contribution in [0.15, 0.2) is 12.1 Å². The minimum Gasteiger partial charge on any atom is -0.389 e. The van der Waals surface area contributed by atoms with Gasteiger partial charge in [0, 0.05) is 32.7 Å². The summed E-state index contributed by atoms with van der Waals surface area (Å²) < 4.78 is 0. The first kappa shape index (κ1) is 15.6. The summed E-state index contributed by atoms with van der Waals surface area (Å²) in [5.41, 5.74) is 1.96. The van der Waals surface area contributed by atoms with Crippen molar-refractivity contribution >= 4 is 11.7 Å². The Labute approximate surface area is 123 Å². The summed E-state index contributed by atoms with van der Waals surface area (Å²) in [6.07, 6.45) is 0. The molecule has 0 radical (unpaired) electrons. The Hall–Kier alpha value is -1.77. The number of carbonyl (C=O) groups is 1. The molecule has 1 aromatic rings. The average Bonchev–Trinajstić information content (AvgIpc) is 2.46. The van der Waals surface area contributed by atoms with E-state index < -0.39 is 5.60 Å². The van der Waals surface area contributed by atoms with Crippen LogP contribution in [-0.4, -0.2) is 69.3 Å². The van der Waals surface area contributed by atoms with Gasteiger partial charge in [0.05, 0.1) is 5.60 Å². The molecule has 2 rings (SSSR count). The maximum atomic E-state index is 12.3. The van der Waals surface area contributed by atoms with E-state index >= 15 is 0 Å². The van der Waals surface area contributed by atoms with Crippen LogP contribution in [-0.2, 0) is 0 Å². The van der Waals surface area contributed by atoms with Crippen molar-refractivity contribution < 1.29 is 9.90 Å². The topological polar surface area (TPSA) is 108 Å². The zero-order chi connectivity index (χ0) is 15.5. The number of aromatic nitrogens is 2. The number of rotatable bonds is 4. The van der Waals surface area contributed by atoms with Crippen LogP contribution in [0.3, 0.4) is 0 Å². The van der Waals surface area contributed by atoms with Gasteiger partial charge in [-0.05, 0) is 26.0 Å². The average molecular weight is 294 g/mol. The smallest absolute Gasteiger partial charge is 0.274 e. The minimum absolute atomic E-state index is 0.131. The van der Waals surface area contributed by atoms with E-state index in [1.165, 1.54) is 0 Å². The molecule has 0 saturated carbocycles. The first-order valence-electron chi connectivity index (χ1n) is 6.93. The number of carbonyl (C=O) groups excluding carboxylic acids is 1. The maximum Gasteiger partial charge on any atom is 0.274 e. The maximum absolute atomic E-state index is 12.3. The number of nitrogens with one attached hydrogen (secondary N) is 1. The number of amides is 1. The highest BCUT2D eigenvalue weighted by molar-refractivity contribution is 5.92. The molecular formula is C13H22N6O2. The minimum atomic E-state index is -0.720. The Bertz CT molecular complexity index is 476. The fraction of sp³-hybridized carbons (Fsp3) is 0.615. The van der Waals surface area contributed by atoms with E-state index in [1.807, 2.05) is 0 Å². The molecule has 0 aromatic carbocycles. The summed E-state index contributed by atoms with van der Waals surface area (Å²) >= 11 is 0. The van der Waals surface area contributed by atoms with E-state index in [-0.39, 0.29) is 5.91 Å². The second-order valence-corrected chi connectivity index (χ2v) is 5.83. The van der Waals surface area contributed by atoms with E-state index in [2.05, 4.69) is 20.5 Å². The quantitative estimate of drug-likeness (QED) is 0.497. The van der Waals surface area contributed by atoms with Gasteiger partial charge in [0.2, 0.25) is 0 Å². The Morgan fingerprint density at radius 2 is 2.00 bits per heavy atom. The highest BCUT2D eigenvalue weighted by Crippen LogP contribution is 2.11. The molecule has 1 fully saturated rings. The monoisotopic (exact) mass is 294 g/mol. The zero-order valence-corrected chi connectivity index (χ0v) is 12.4. The summed E-state index contributed by atoms with van der Waals surface area (Å²) in [7, 11) is 0. The summed E-state index contributed by atoms with van der Waals surface area (Å²) in [5.74, 6) is 5.50. The summed E-state index contributed by atoms with van der Waals surface area (Å²) in [6.45, 7) is 6.89. The molecule has 1 saturated heterocycles. The van der Waals surface area contributed by atoms with Crippen LogP contribution in [0.25, 0.3) is 0 Å². The lowest BCUT2D eigenvalue weighted by Crippen LogP contribution is -2.52. The van der Waals surface area contributed by atoms with Gasteiger partial charge in [0.25, 0.3) is 5.91 Å². The molecule has 8 nitrogen and oxygen atoms in total. The van der Waals surface area contributed by atoms with Crippen LogP contribution >= 0.6 is 0 Å². The van der Waals surface area contributed by atoms with Crippen molar-refractivity contribution in [2.75, 3.05) is 38.1 Å². The number of anilines is 1. The van der Waals surface area contributed by atoms with E-state index in [0.29, 0.717) is 31.1 Å². The first-order valence-corrected chi connectivity index (χ1v) is 6.93. The van der Waals surface area contributed by atoms with Crippen molar-refractivity contribution in [2.45, 2.75) is 19.4 Å². The third kappa shape index (κ3) is 4.35. The molecule has 0 spiro atoms. The number of hydrazine groups is 1. The van der Waals surface area contributed by atoms with Crippen molar-refractivity contribution in [1.29, 1.82) is 0 Å². The third-order valence-electron chi connectivity index (χ3n) is 3.30. The number of piperazine rings is 1. The van der Waals surface area contributed by atoms with E-state index in [0.717, 1.165) is 13.1 Å². The third-order valence-corrected chi connectivity index (χ3v) is 3.30. The van der Waals surface area contributed by atoms with Gasteiger partial charge >= 0.3 is 0 Å². The Morgan fingerprint density at radius 3 is 2.48 bits per heavy atom. The van der Waals surface area contributed by atoms with Crippen molar-refractivity contribution in [1.82, 2.24) is 20.0 Å². The van der Waals surface area contributed by atoms with Crippen LogP contribution in [0.1, 0.15) is 24.3 Å². The molecule has 21 heavy (non-hydrogen) atoms. The normalized spacial score (nSPS) is 16.9. The van der Waals surface area contributed by atoms with E-state index in [1.54, 1.807) is 30.9 Å². The number of nitrogens with two attached hydrogens (primary N) is 1. The molecule has 0 unspecified atom stereocenters. The lowest BCUT2D eigenvalue weighted by molar-refractivity contribution is 0.0177. The summed E-state index contributed by atoms with van der Waals surface area (Å²) in [6, 6.07) is 3.22. The molecule has 1 aliphatic heterocycles. The van der Waals surface area contributed by atoms with Gasteiger partial charge in [-0.3, -0.25) is 9.69 Å². The number of nitrogen functional groups attached to an aromatic ring is 1. The highest BCUT2D eigenvalue weighted by atomic mass is 16.3. The Balaban J connectivity index is 1.90. The lowest BCUT2D eigenvalue weighted by Gasteiger charge is -2.37. The number of aliphatic hydroxyl groups is 1. The second kappa shape index (κ2) is 6.33. The largest absolute Gasteiger partial charge is 0.389 e. The van der Waals surface area contributed by atoms with Gasteiger partial charge in [-0.1, -0.05) is 0 Å². The molecule has 2 heterocycles. The number of nitrogens with zero attached hydrogens (tertiary/aromatic N) is 4. The molecule has 4 N–H and O–H groups in total. The summed E-state index contributed by atoms with van der Waals surface area (Å²) in [5, 5.41) is 17.5. The predicted molar refractivity (Wildman–Crippen MR) is 78.5 cm³/mol. The molecule has 0 aliphatic carbocycles. The molecule has 116 valence electrons.